The van der Waals surface area contributed by atoms with Gasteiger partial charge < -0.3 is 14.0 Å². The summed E-state index contributed by atoms with van der Waals surface area (Å²) in [6.07, 6.45) is 17.9. The predicted octanol–water partition coefficient (Wildman–Crippen LogP) is 9.72. The standard InChI is InChI=1S/C43H48N2O4S2/c1-42(2)38(44(28-14-16-30-50(46)47)36-26-24-32-18-10-12-20-34(32)40(36)42)22-8-6-5-7-9-23-39-43(3,4)41-35-21-13-11-19-33(35)25-27-37(41)45(39)29-15-17-31-51(48)49/h5-13,18-27H,14-17,28-31H2,1-4H3,(H-,46,47,48,49)/p+1. The van der Waals surface area contributed by atoms with E-state index >= 15 is 0 Å². The van der Waals surface area contributed by atoms with Crippen molar-refractivity contribution < 1.29 is 22.1 Å². The molecule has 0 bridgehead atoms. The first-order chi connectivity index (χ1) is 24.5. The normalized spacial score (nSPS) is 18.6. The number of anilines is 1. The average molecular weight is 722 g/mol. The van der Waals surface area contributed by atoms with Gasteiger partial charge in [0.15, 0.2) is 27.9 Å². The average Bonchev–Trinajstić information content (AvgIpc) is 3.46. The molecule has 4 aromatic rings. The van der Waals surface area contributed by atoms with Crippen LogP contribution >= 0.6 is 0 Å². The Labute approximate surface area is 307 Å². The van der Waals surface area contributed by atoms with Gasteiger partial charge in [0.1, 0.15) is 6.54 Å². The quantitative estimate of drug-likeness (QED) is 0.0587. The van der Waals surface area contributed by atoms with Crippen LogP contribution in [-0.4, -0.2) is 52.4 Å². The molecule has 51 heavy (non-hydrogen) atoms. The van der Waals surface area contributed by atoms with Crippen molar-refractivity contribution in [1.82, 2.24) is 0 Å². The lowest BCUT2D eigenvalue weighted by molar-refractivity contribution is -0.438. The van der Waals surface area contributed by atoms with E-state index in [-0.39, 0.29) is 10.8 Å². The lowest BCUT2D eigenvalue weighted by Crippen LogP contribution is -2.28. The molecule has 0 amide bonds. The lowest BCUT2D eigenvalue weighted by Gasteiger charge is -2.27. The van der Waals surface area contributed by atoms with Gasteiger partial charge in [-0.25, -0.2) is 8.42 Å². The van der Waals surface area contributed by atoms with E-state index in [2.05, 4.69) is 152 Å². The van der Waals surface area contributed by atoms with Crippen molar-refractivity contribution in [3.63, 3.8) is 0 Å². The maximum Gasteiger partial charge on any atom is 0.210 e. The van der Waals surface area contributed by atoms with E-state index in [0.29, 0.717) is 24.3 Å². The van der Waals surface area contributed by atoms with Crippen molar-refractivity contribution in [1.29, 1.82) is 0 Å². The topological polar surface area (TPSA) is 80.9 Å². The molecular formula is C43H49N2O4S2+. The van der Waals surface area contributed by atoms with Gasteiger partial charge in [-0.15, -0.1) is 0 Å². The number of allylic oxidation sites excluding steroid dienone is 8. The molecule has 266 valence electrons. The van der Waals surface area contributed by atoms with Crippen LogP contribution in [0, 0.1) is 0 Å². The second-order valence-electron chi connectivity index (χ2n) is 14.4. The Morgan fingerprint density at radius 2 is 1.25 bits per heavy atom. The summed E-state index contributed by atoms with van der Waals surface area (Å²) in [5.41, 5.74) is 7.06. The highest BCUT2D eigenvalue weighted by Gasteiger charge is 2.45. The highest BCUT2D eigenvalue weighted by atomic mass is 32.2. The molecule has 0 radical (unpaired) electrons. The van der Waals surface area contributed by atoms with Crippen molar-refractivity contribution in [3.8, 4) is 0 Å². The summed E-state index contributed by atoms with van der Waals surface area (Å²) in [6, 6.07) is 25.9. The fraction of sp³-hybridized carbons (Fsp3) is 0.326. The zero-order valence-corrected chi connectivity index (χ0v) is 31.7. The van der Waals surface area contributed by atoms with E-state index in [1.165, 1.54) is 55.5 Å². The fourth-order valence-electron chi connectivity index (χ4n) is 8.03. The van der Waals surface area contributed by atoms with Crippen molar-refractivity contribution >= 4 is 60.8 Å². The Hall–Kier alpha value is -3.95. The molecule has 2 aliphatic heterocycles. The maximum absolute atomic E-state index is 11.3. The molecule has 4 aromatic carbocycles. The summed E-state index contributed by atoms with van der Waals surface area (Å²) in [7, 11) is 0. The van der Waals surface area contributed by atoms with Gasteiger partial charge in [-0.2, -0.15) is 4.58 Å². The SMILES string of the molecule is CC1(C)C(/C=C/C=C/C=C/C=C2\N(CCCCS(=O)O)c3ccc4ccccc4c3C2(C)C)=[N+](CCCCS(=O)O)c2ccc3ccccc3c21. The minimum absolute atomic E-state index is 0.219. The van der Waals surface area contributed by atoms with Crippen LogP contribution in [-0.2, 0) is 33.0 Å². The number of nitrogens with zero attached hydrogens (tertiary/aromatic N) is 2. The van der Waals surface area contributed by atoms with Crippen molar-refractivity contribution in [2.75, 3.05) is 29.5 Å². The fourth-order valence-corrected chi connectivity index (χ4v) is 8.93. The van der Waals surface area contributed by atoms with Gasteiger partial charge in [0, 0.05) is 59.0 Å². The molecule has 2 unspecified atom stereocenters. The Balaban J connectivity index is 1.25. The molecule has 2 atom stereocenters. The van der Waals surface area contributed by atoms with Gasteiger partial charge in [0.05, 0.1) is 5.41 Å². The third-order valence-electron chi connectivity index (χ3n) is 10.4. The van der Waals surface area contributed by atoms with Crippen LogP contribution in [0.5, 0.6) is 0 Å². The Morgan fingerprint density at radius 1 is 0.667 bits per heavy atom. The van der Waals surface area contributed by atoms with E-state index in [1.807, 2.05) is 0 Å². The second-order valence-corrected chi connectivity index (χ2v) is 16.5. The van der Waals surface area contributed by atoms with Gasteiger partial charge >= 0.3 is 0 Å². The maximum atomic E-state index is 11.3. The number of hydrogen-bond acceptors (Lipinski definition) is 3. The molecule has 0 spiro atoms. The first-order valence-electron chi connectivity index (χ1n) is 17.9. The molecule has 0 saturated heterocycles. The zero-order valence-electron chi connectivity index (χ0n) is 30.0. The third-order valence-corrected chi connectivity index (χ3v) is 11.6. The molecule has 2 aliphatic rings. The summed E-state index contributed by atoms with van der Waals surface area (Å²) in [6.45, 7) is 10.7. The van der Waals surface area contributed by atoms with Crippen LogP contribution < -0.4 is 4.90 Å². The van der Waals surface area contributed by atoms with Gasteiger partial charge in [0.2, 0.25) is 5.69 Å². The first kappa shape index (κ1) is 36.8. The van der Waals surface area contributed by atoms with Crippen LogP contribution in [0.2, 0.25) is 0 Å². The summed E-state index contributed by atoms with van der Waals surface area (Å²) in [4.78, 5) is 2.39. The van der Waals surface area contributed by atoms with Crippen molar-refractivity contribution in [2.45, 2.75) is 64.2 Å². The molecule has 0 saturated carbocycles. The summed E-state index contributed by atoms with van der Waals surface area (Å²) in [5, 5.41) is 4.98. The molecule has 2 heterocycles. The van der Waals surface area contributed by atoms with E-state index < -0.39 is 22.2 Å². The summed E-state index contributed by atoms with van der Waals surface area (Å²) >= 11 is -3.55. The van der Waals surface area contributed by atoms with Crippen LogP contribution in [0.1, 0.15) is 64.5 Å². The number of benzene rings is 4. The second kappa shape index (κ2) is 15.7. The Morgan fingerprint density at radius 3 is 1.94 bits per heavy atom. The number of hydrogen-bond donors (Lipinski definition) is 2. The molecule has 8 heteroatoms. The zero-order chi connectivity index (χ0) is 36.2. The van der Waals surface area contributed by atoms with Gasteiger partial charge in [-0.05, 0) is 78.4 Å². The van der Waals surface area contributed by atoms with E-state index in [4.69, 9.17) is 0 Å². The van der Waals surface area contributed by atoms with Gasteiger partial charge in [0.25, 0.3) is 0 Å². The minimum atomic E-state index is -1.77. The molecule has 0 aromatic heterocycles. The first-order valence-corrected chi connectivity index (χ1v) is 20.4. The van der Waals surface area contributed by atoms with E-state index in [0.717, 1.165) is 25.9 Å². The lowest BCUT2D eigenvalue weighted by atomic mass is 9.79. The van der Waals surface area contributed by atoms with Crippen LogP contribution in [0.4, 0.5) is 11.4 Å². The monoisotopic (exact) mass is 721 g/mol. The highest BCUT2D eigenvalue weighted by Crippen LogP contribution is 2.51. The van der Waals surface area contributed by atoms with E-state index in [1.54, 1.807) is 0 Å². The number of rotatable bonds is 14. The van der Waals surface area contributed by atoms with Crippen molar-refractivity contribution in [3.05, 3.63) is 132 Å². The molecule has 0 fully saturated rings. The third kappa shape index (κ3) is 7.65. The molecule has 0 aliphatic carbocycles. The number of fused-ring (bicyclic) bond motifs is 6. The summed E-state index contributed by atoms with van der Waals surface area (Å²) < 4.78 is 43.6. The van der Waals surface area contributed by atoms with E-state index in [9.17, 15) is 17.5 Å². The van der Waals surface area contributed by atoms with Crippen LogP contribution in [0.25, 0.3) is 21.5 Å². The van der Waals surface area contributed by atoms with Gasteiger partial charge in [-0.1, -0.05) is 98.8 Å². The molecule has 6 nitrogen and oxygen atoms in total. The predicted molar refractivity (Wildman–Crippen MR) is 216 cm³/mol. The molecule has 2 N–H and O–H groups in total. The van der Waals surface area contributed by atoms with Crippen LogP contribution in [0.15, 0.2) is 121 Å². The minimum Gasteiger partial charge on any atom is -0.344 e. The van der Waals surface area contributed by atoms with Gasteiger partial charge in [-0.3, -0.25) is 0 Å². The number of unbranched alkanes of at least 4 members (excludes halogenated alkanes) is 2. The summed E-state index contributed by atoms with van der Waals surface area (Å²) in [5.74, 6) is 0.587. The van der Waals surface area contributed by atoms with Crippen LogP contribution in [0.3, 0.4) is 0 Å². The van der Waals surface area contributed by atoms with Crippen molar-refractivity contribution in [2.24, 2.45) is 0 Å². The smallest absolute Gasteiger partial charge is 0.210 e. The Kier molecular flexibility index (Phi) is 11.4. The largest absolute Gasteiger partial charge is 0.344 e. The highest BCUT2D eigenvalue weighted by molar-refractivity contribution is 7.79. The molecule has 6 rings (SSSR count). The molecular weight excluding hydrogens is 673 g/mol. The Bertz CT molecular complexity index is 2140.